The van der Waals surface area contributed by atoms with Gasteiger partial charge in [0.1, 0.15) is 0 Å². The van der Waals surface area contributed by atoms with Crippen molar-refractivity contribution in [1.82, 2.24) is 9.80 Å². The Morgan fingerprint density at radius 2 is 1.80 bits per heavy atom. The normalized spacial score (nSPS) is 34.6. The lowest BCUT2D eigenvalue weighted by atomic mass is 9.90. The van der Waals surface area contributed by atoms with E-state index in [1.54, 1.807) is 0 Å². The molecule has 2 heterocycles. The van der Waals surface area contributed by atoms with Gasteiger partial charge in [-0.3, -0.25) is 9.80 Å². The summed E-state index contributed by atoms with van der Waals surface area (Å²) in [6.45, 7) is 6.87. The Labute approximate surface area is 121 Å². The summed E-state index contributed by atoms with van der Waals surface area (Å²) in [6, 6.07) is 0.539. The fourth-order valence-electron chi connectivity index (χ4n) is 3.81. The second-order valence-electron chi connectivity index (χ2n) is 6.32. The van der Waals surface area contributed by atoms with E-state index in [1.165, 1.54) is 25.7 Å². The fraction of sp³-hybridized carbons (Fsp3) is 1.00. The number of β-amino-alcohol motifs (C(OH)–C–C–N with tert-alkyl or cyclic N) is 1. The summed E-state index contributed by atoms with van der Waals surface area (Å²) in [5.74, 6) is 0. The molecule has 1 N–H and O–H groups in total. The van der Waals surface area contributed by atoms with Crippen LogP contribution in [0.2, 0.25) is 0 Å². The van der Waals surface area contributed by atoms with Gasteiger partial charge in [-0.1, -0.05) is 12.8 Å². The van der Waals surface area contributed by atoms with Gasteiger partial charge < -0.3 is 14.6 Å². The Hall–Kier alpha value is -0.200. The SMILES string of the molecule is O[C@H](CN1CCOCC1)CN1CCO[C@@H]2CCCC[C@H]21. The first-order valence-corrected chi connectivity index (χ1v) is 8.17. The van der Waals surface area contributed by atoms with Crippen LogP contribution in [0.5, 0.6) is 0 Å². The Morgan fingerprint density at radius 1 is 1.00 bits per heavy atom. The van der Waals surface area contributed by atoms with Crippen LogP contribution in [0, 0.1) is 0 Å². The van der Waals surface area contributed by atoms with Crippen molar-refractivity contribution < 1.29 is 14.6 Å². The van der Waals surface area contributed by atoms with Crippen LogP contribution in [0.1, 0.15) is 25.7 Å². The van der Waals surface area contributed by atoms with Crippen LogP contribution in [0.4, 0.5) is 0 Å². The third kappa shape index (κ3) is 3.71. The molecular formula is C15H28N2O3. The van der Waals surface area contributed by atoms with Gasteiger partial charge in [0.05, 0.1) is 32.0 Å². The van der Waals surface area contributed by atoms with Crippen molar-refractivity contribution in [2.45, 2.75) is 43.9 Å². The quantitative estimate of drug-likeness (QED) is 0.806. The molecule has 1 aliphatic carbocycles. The van der Waals surface area contributed by atoms with Gasteiger partial charge in [-0.15, -0.1) is 0 Å². The predicted octanol–water partition coefficient (Wildman–Crippen LogP) is 0.323. The zero-order chi connectivity index (χ0) is 13.8. The van der Waals surface area contributed by atoms with Crippen molar-refractivity contribution in [3.63, 3.8) is 0 Å². The second kappa shape index (κ2) is 7.18. The van der Waals surface area contributed by atoms with Gasteiger partial charge in [-0.2, -0.15) is 0 Å². The molecule has 0 aromatic heterocycles. The molecule has 5 nitrogen and oxygen atoms in total. The van der Waals surface area contributed by atoms with Crippen molar-refractivity contribution in [3.8, 4) is 0 Å². The molecule has 0 aromatic carbocycles. The molecule has 3 rings (SSSR count). The summed E-state index contributed by atoms with van der Waals surface area (Å²) in [5.41, 5.74) is 0. The number of nitrogens with zero attached hydrogens (tertiary/aromatic N) is 2. The molecular weight excluding hydrogens is 256 g/mol. The fourth-order valence-corrected chi connectivity index (χ4v) is 3.81. The van der Waals surface area contributed by atoms with Gasteiger partial charge in [0.25, 0.3) is 0 Å². The number of hydrogen-bond donors (Lipinski definition) is 1. The standard InChI is InChI=1S/C15H28N2O3/c18-13(11-16-5-8-19-9-6-16)12-17-7-10-20-15-4-2-1-3-14(15)17/h13-15,18H,1-12H2/t13-,14-,15-/m1/s1. The maximum absolute atomic E-state index is 10.4. The summed E-state index contributed by atoms with van der Waals surface area (Å²) >= 11 is 0. The molecule has 1 saturated carbocycles. The zero-order valence-electron chi connectivity index (χ0n) is 12.4. The summed E-state index contributed by atoms with van der Waals surface area (Å²) in [5, 5.41) is 10.4. The van der Waals surface area contributed by atoms with Gasteiger partial charge in [-0.05, 0) is 12.8 Å². The van der Waals surface area contributed by atoms with E-state index in [2.05, 4.69) is 9.80 Å². The first kappa shape index (κ1) is 14.7. The lowest BCUT2D eigenvalue weighted by Crippen LogP contribution is -2.55. The maximum Gasteiger partial charge on any atom is 0.0793 e. The number of morpholine rings is 2. The molecule has 0 aromatic rings. The minimum Gasteiger partial charge on any atom is -0.390 e. The van der Waals surface area contributed by atoms with E-state index in [9.17, 15) is 5.11 Å². The van der Waals surface area contributed by atoms with E-state index >= 15 is 0 Å². The molecule has 3 aliphatic rings. The van der Waals surface area contributed by atoms with Gasteiger partial charge in [0.15, 0.2) is 0 Å². The van der Waals surface area contributed by atoms with Crippen molar-refractivity contribution in [2.24, 2.45) is 0 Å². The smallest absolute Gasteiger partial charge is 0.0793 e. The van der Waals surface area contributed by atoms with Crippen molar-refractivity contribution in [3.05, 3.63) is 0 Å². The minimum absolute atomic E-state index is 0.256. The first-order valence-electron chi connectivity index (χ1n) is 8.17. The topological polar surface area (TPSA) is 45.2 Å². The summed E-state index contributed by atoms with van der Waals surface area (Å²) in [4.78, 5) is 4.78. The van der Waals surface area contributed by atoms with Gasteiger partial charge in [-0.25, -0.2) is 0 Å². The van der Waals surface area contributed by atoms with Gasteiger partial charge in [0, 0.05) is 38.8 Å². The summed E-state index contributed by atoms with van der Waals surface area (Å²) in [7, 11) is 0. The van der Waals surface area contributed by atoms with E-state index in [-0.39, 0.29) is 6.10 Å². The number of aliphatic hydroxyl groups excluding tert-OH is 1. The Balaban J connectivity index is 1.47. The average molecular weight is 284 g/mol. The molecule has 116 valence electrons. The van der Waals surface area contributed by atoms with E-state index in [0.717, 1.165) is 52.5 Å². The average Bonchev–Trinajstić information content (AvgIpc) is 2.48. The number of ether oxygens (including phenoxy) is 2. The Bertz CT molecular complexity index is 295. The number of aliphatic hydroxyl groups is 1. The van der Waals surface area contributed by atoms with Gasteiger partial charge >= 0.3 is 0 Å². The number of fused-ring (bicyclic) bond motifs is 1. The van der Waals surface area contributed by atoms with Crippen LogP contribution in [0.25, 0.3) is 0 Å². The van der Waals surface area contributed by atoms with Crippen LogP contribution >= 0.6 is 0 Å². The molecule has 5 heteroatoms. The molecule has 2 saturated heterocycles. The molecule has 3 atom stereocenters. The minimum atomic E-state index is -0.256. The zero-order valence-corrected chi connectivity index (χ0v) is 12.4. The molecule has 20 heavy (non-hydrogen) atoms. The number of hydrogen-bond acceptors (Lipinski definition) is 5. The molecule has 0 unspecified atom stereocenters. The lowest BCUT2D eigenvalue weighted by Gasteiger charge is -2.44. The summed E-state index contributed by atoms with van der Waals surface area (Å²) < 4.78 is 11.2. The first-order chi connectivity index (χ1) is 9.83. The molecule has 3 fully saturated rings. The van der Waals surface area contributed by atoms with Gasteiger partial charge in [0.2, 0.25) is 0 Å². The largest absolute Gasteiger partial charge is 0.390 e. The van der Waals surface area contributed by atoms with Crippen LogP contribution in [-0.4, -0.2) is 85.7 Å². The third-order valence-electron chi connectivity index (χ3n) is 4.87. The van der Waals surface area contributed by atoms with Crippen LogP contribution in [0.15, 0.2) is 0 Å². The molecule has 0 spiro atoms. The van der Waals surface area contributed by atoms with E-state index in [0.29, 0.717) is 12.1 Å². The van der Waals surface area contributed by atoms with E-state index < -0.39 is 0 Å². The maximum atomic E-state index is 10.4. The van der Waals surface area contributed by atoms with Crippen LogP contribution in [0.3, 0.4) is 0 Å². The highest BCUT2D eigenvalue weighted by atomic mass is 16.5. The number of rotatable bonds is 4. The van der Waals surface area contributed by atoms with Crippen molar-refractivity contribution in [2.75, 3.05) is 52.5 Å². The van der Waals surface area contributed by atoms with Crippen molar-refractivity contribution in [1.29, 1.82) is 0 Å². The predicted molar refractivity (Wildman–Crippen MR) is 76.8 cm³/mol. The van der Waals surface area contributed by atoms with E-state index in [4.69, 9.17) is 9.47 Å². The highest BCUT2D eigenvalue weighted by Crippen LogP contribution is 2.28. The highest BCUT2D eigenvalue weighted by Gasteiger charge is 2.34. The van der Waals surface area contributed by atoms with Crippen LogP contribution in [-0.2, 0) is 9.47 Å². The second-order valence-corrected chi connectivity index (χ2v) is 6.32. The monoisotopic (exact) mass is 284 g/mol. The highest BCUT2D eigenvalue weighted by molar-refractivity contribution is 4.88. The third-order valence-corrected chi connectivity index (χ3v) is 4.87. The lowest BCUT2D eigenvalue weighted by molar-refractivity contribution is -0.0997. The summed E-state index contributed by atoms with van der Waals surface area (Å²) in [6.07, 6.45) is 5.18. The molecule has 2 aliphatic heterocycles. The molecule has 0 amide bonds. The Kier molecular flexibility index (Phi) is 5.29. The van der Waals surface area contributed by atoms with E-state index in [1.807, 2.05) is 0 Å². The molecule has 0 radical (unpaired) electrons. The Morgan fingerprint density at radius 3 is 2.65 bits per heavy atom. The van der Waals surface area contributed by atoms with Crippen molar-refractivity contribution >= 4 is 0 Å². The van der Waals surface area contributed by atoms with Crippen LogP contribution < -0.4 is 0 Å². The molecule has 0 bridgehead atoms.